The molecule has 3 rings (SSSR count). The number of nitrogens with zero attached hydrogens (tertiary/aromatic N) is 1. The van der Waals surface area contributed by atoms with E-state index in [9.17, 15) is 14.9 Å². The standard InChI is InChI=1S/C27H31Cl2FN4O2/c1-16(35)32-12-13-33-25(36)24-22(19-6-5-7-20(29)23(19)30)27(15-31,17-8-10-18(28)11-9-17)21(34-24)14-26(2,3)4/h5-11,21-22,24,34H,12-14H2,1-4H3,(H,32,35)(H,33,36). The Morgan fingerprint density at radius 3 is 2.33 bits per heavy atom. The molecule has 9 heteroatoms. The van der Waals surface area contributed by atoms with E-state index < -0.39 is 35.1 Å². The number of carbonyl (C=O) groups is 2. The summed E-state index contributed by atoms with van der Waals surface area (Å²) >= 11 is 12.3. The van der Waals surface area contributed by atoms with Crippen molar-refractivity contribution in [3.05, 3.63) is 69.5 Å². The number of amides is 2. The third-order valence-electron chi connectivity index (χ3n) is 6.47. The summed E-state index contributed by atoms with van der Waals surface area (Å²) in [7, 11) is 0. The van der Waals surface area contributed by atoms with Gasteiger partial charge in [-0.15, -0.1) is 0 Å². The summed E-state index contributed by atoms with van der Waals surface area (Å²) in [5.41, 5.74) is -0.692. The van der Waals surface area contributed by atoms with Gasteiger partial charge in [-0.1, -0.05) is 68.2 Å². The Bertz CT molecular complexity index is 1160. The maximum atomic E-state index is 15.5. The van der Waals surface area contributed by atoms with E-state index in [0.29, 0.717) is 17.0 Å². The molecule has 0 aliphatic carbocycles. The molecule has 2 aromatic rings. The lowest BCUT2D eigenvalue weighted by molar-refractivity contribution is -0.123. The largest absolute Gasteiger partial charge is 0.355 e. The second kappa shape index (κ2) is 11.2. The van der Waals surface area contributed by atoms with Gasteiger partial charge in [0.1, 0.15) is 11.2 Å². The monoisotopic (exact) mass is 532 g/mol. The molecular formula is C27H31Cl2FN4O2. The zero-order chi connectivity index (χ0) is 26.7. The molecule has 3 N–H and O–H groups in total. The SMILES string of the molecule is CC(=O)NCCNC(=O)C1NC(CC(C)(C)C)C(C#N)(c2ccc(Cl)cc2)C1c1cccc(Cl)c1F. The van der Waals surface area contributed by atoms with E-state index in [1.807, 2.05) is 0 Å². The molecule has 0 radical (unpaired) electrons. The van der Waals surface area contributed by atoms with Crippen LogP contribution in [0.4, 0.5) is 4.39 Å². The second-order valence-corrected chi connectivity index (χ2v) is 11.2. The fourth-order valence-electron chi connectivity index (χ4n) is 5.02. The van der Waals surface area contributed by atoms with Gasteiger partial charge in [-0.25, -0.2) is 4.39 Å². The van der Waals surface area contributed by atoms with Crippen LogP contribution < -0.4 is 16.0 Å². The summed E-state index contributed by atoms with van der Waals surface area (Å²) in [6.07, 6.45) is 0.539. The van der Waals surface area contributed by atoms with Crippen molar-refractivity contribution in [1.82, 2.24) is 16.0 Å². The molecule has 1 fully saturated rings. The summed E-state index contributed by atoms with van der Waals surface area (Å²) in [6, 6.07) is 12.6. The highest BCUT2D eigenvalue weighted by molar-refractivity contribution is 6.31. The number of hydrogen-bond acceptors (Lipinski definition) is 4. The van der Waals surface area contributed by atoms with Crippen molar-refractivity contribution in [1.29, 1.82) is 5.26 Å². The Morgan fingerprint density at radius 1 is 1.11 bits per heavy atom. The van der Waals surface area contributed by atoms with E-state index in [1.165, 1.54) is 13.0 Å². The fraction of sp³-hybridized carbons (Fsp3) is 0.444. The number of carbonyl (C=O) groups excluding carboxylic acids is 2. The van der Waals surface area contributed by atoms with Gasteiger partial charge in [-0.3, -0.25) is 9.59 Å². The molecule has 2 aromatic carbocycles. The highest BCUT2D eigenvalue weighted by Crippen LogP contribution is 2.52. The van der Waals surface area contributed by atoms with Gasteiger partial charge >= 0.3 is 0 Å². The lowest BCUT2D eigenvalue weighted by Crippen LogP contribution is -2.47. The van der Waals surface area contributed by atoms with Crippen molar-refractivity contribution >= 4 is 35.0 Å². The first-order chi connectivity index (χ1) is 16.9. The summed E-state index contributed by atoms with van der Waals surface area (Å²) in [5, 5.41) is 20.1. The number of nitriles is 1. The summed E-state index contributed by atoms with van der Waals surface area (Å²) in [4.78, 5) is 24.7. The summed E-state index contributed by atoms with van der Waals surface area (Å²) < 4.78 is 15.5. The number of hydrogen-bond donors (Lipinski definition) is 3. The van der Waals surface area contributed by atoms with E-state index in [-0.39, 0.29) is 35.0 Å². The normalized spacial score (nSPS) is 23.7. The number of halogens is 3. The van der Waals surface area contributed by atoms with Crippen LogP contribution in [0.5, 0.6) is 0 Å². The third-order valence-corrected chi connectivity index (χ3v) is 7.02. The van der Waals surface area contributed by atoms with Crippen molar-refractivity contribution in [2.45, 2.75) is 57.5 Å². The minimum Gasteiger partial charge on any atom is -0.355 e. The van der Waals surface area contributed by atoms with Crippen LogP contribution in [0.25, 0.3) is 0 Å². The average molecular weight is 533 g/mol. The summed E-state index contributed by atoms with van der Waals surface area (Å²) in [6.45, 7) is 7.97. The van der Waals surface area contributed by atoms with Crippen molar-refractivity contribution in [3.63, 3.8) is 0 Å². The van der Waals surface area contributed by atoms with Gasteiger partial charge in [0, 0.05) is 37.0 Å². The Balaban J connectivity index is 2.18. The maximum absolute atomic E-state index is 15.5. The predicted molar refractivity (Wildman–Crippen MR) is 139 cm³/mol. The van der Waals surface area contributed by atoms with Crippen LogP contribution in [0.2, 0.25) is 10.0 Å². The van der Waals surface area contributed by atoms with Crippen molar-refractivity contribution in [3.8, 4) is 6.07 Å². The lowest BCUT2D eigenvalue weighted by atomic mass is 9.63. The molecule has 1 saturated heterocycles. The predicted octanol–water partition coefficient (Wildman–Crippen LogP) is 4.71. The van der Waals surface area contributed by atoms with Crippen LogP contribution in [-0.4, -0.2) is 37.0 Å². The molecule has 2 amide bonds. The fourth-order valence-corrected chi connectivity index (χ4v) is 5.33. The van der Waals surface area contributed by atoms with Crippen LogP contribution in [0.15, 0.2) is 42.5 Å². The van der Waals surface area contributed by atoms with E-state index in [0.717, 1.165) is 0 Å². The van der Waals surface area contributed by atoms with Crippen LogP contribution in [0, 0.1) is 22.6 Å². The first kappa shape index (κ1) is 27.9. The van der Waals surface area contributed by atoms with Crippen LogP contribution in [0.1, 0.15) is 51.2 Å². The van der Waals surface area contributed by atoms with Gasteiger partial charge < -0.3 is 16.0 Å². The molecule has 6 nitrogen and oxygen atoms in total. The Kier molecular flexibility index (Phi) is 8.66. The molecule has 1 aliphatic rings. The van der Waals surface area contributed by atoms with E-state index in [2.05, 4.69) is 42.8 Å². The maximum Gasteiger partial charge on any atom is 0.237 e. The van der Waals surface area contributed by atoms with Crippen LogP contribution >= 0.6 is 23.2 Å². The topological polar surface area (TPSA) is 94.0 Å². The van der Waals surface area contributed by atoms with Crippen molar-refractivity contribution < 1.29 is 14.0 Å². The molecule has 0 bridgehead atoms. The van der Waals surface area contributed by atoms with E-state index >= 15 is 4.39 Å². The van der Waals surface area contributed by atoms with Gasteiger partial charge in [0.15, 0.2) is 0 Å². The Labute approximate surface area is 221 Å². The van der Waals surface area contributed by atoms with Gasteiger partial charge in [-0.2, -0.15) is 5.26 Å². The molecule has 1 aliphatic heterocycles. The minimum atomic E-state index is -1.30. The lowest BCUT2D eigenvalue weighted by Gasteiger charge is -2.37. The quantitative estimate of drug-likeness (QED) is 0.450. The van der Waals surface area contributed by atoms with Crippen LogP contribution in [0.3, 0.4) is 0 Å². The zero-order valence-electron chi connectivity index (χ0n) is 20.8. The molecule has 36 heavy (non-hydrogen) atoms. The molecule has 0 aromatic heterocycles. The van der Waals surface area contributed by atoms with Gasteiger partial charge in [0.05, 0.1) is 17.1 Å². The molecule has 4 atom stereocenters. The van der Waals surface area contributed by atoms with Gasteiger partial charge in [-0.05, 0) is 41.2 Å². The van der Waals surface area contributed by atoms with Crippen molar-refractivity contribution in [2.24, 2.45) is 5.41 Å². The highest BCUT2D eigenvalue weighted by Gasteiger charge is 2.60. The Morgan fingerprint density at radius 2 is 1.75 bits per heavy atom. The minimum absolute atomic E-state index is 0.0838. The Hall–Kier alpha value is -2.66. The molecular weight excluding hydrogens is 502 g/mol. The third kappa shape index (κ3) is 5.83. The number of rotatable bonds is 7. The van der Waals surface area contributed by atoms with E-state index in [4.69, 9.17) is 23.2 Å². The molecule has 192 valence electrons. The van der Waals surface area contributed by atoms with Crippen LogP contribution in [-0.2, 0) is 15.0 Å². The van der Waals surface area contributed by atoms with E-state index in [1.54, 1.807) is 36.4 Å². The van der Waals surface area contributed by atoms with Crippen molar-refractivity contribution in [2.75, 3.05) is 13.1 Å². The number of nitrogens with one attached hydrogen (secondary N) is 3. The first-order valence-electron chi connectivity index (χ1n) is 11.8. The molecule has 1 heterocycles. The van der Waals surface area contributed by atoms with Gasteiger partial charge in [0.25, 0.3) is 0 Å². The molecule has 4 unspecified atom stereocenters. The first-order valence-corrected chi connectivity index (χ1v) is 12.6. The molecule has 0 saturated carbocycles. The molecule has 0 spiro atoms. The highest BCUT2D eigenvalue weighted by atomic mass is 35.5. The number of benzene rings is 2. The zero-order valence-corrected chi connectivity index (χ0v) is 22.3. The average Bonchev–Trinajstić information content (AvgIpc) is 3.12. The summed E-state index contributed by atoms with van der Waals surface area (Å²) in [5.74, 6) is -2.16. The smallest absolute Gasteiger partial charge is 0.237 e. The van der Waals surface area contributed by atoms with Gasteiger partial charge in [0.2, 0.25) is 11.8 Å². The second-order valence-electron chi connectivity index (χ2n) is 10.3.